The number of aromatic hydroxyl groups is 1. The molecule has 0 amide bonds. The van der Waals surface area contributed by atoms with Crippen LogP contribution in [0, 0.1) is 12.8 Å². The molecule has 2 heterocycles. The molecule has 1 fully saturated rings. The van der Waals surface area contributed by atoms with Crippen LogP contribution in [0.2, 0.25) is 0 Å². The van der Waals surface area contributed by atoms with Crippen molar-refractivity contribution in [2.24, 2.45) is 10.9 Å². The molecule has 1 unspecified atom stereocenters. The molecular weight excluding hydrogens is 532 g/mol. The first-order chi connectivity index (χ1) is 21.0. The Hall–Kier alpha value is -4.13. The highest BCUT2D eigenvalue weighted by Crippen LogP contribution is 2.31. The summed E-state index contributed by atoms with van der Waals surface area (Å²) in [5, 5.41) is 23.6. The maximum atomic E-state index is 10.5. The molecule has 6 heteroatoms. The minimum atomic E-state index is -0.308. The van der Waals surface area contributed by atoms with E-state index in [0.717, 1.165) is 74.8 Å². The van der Waals surface area contributed by atoms with Crippen LogP contribution in [-0.2, 0) is 6.42 Å². The summed E-state index contributed by atoms with van der Waals surface area (Å²) in [6, 6.07) is 36.5. The van der Waals surface area contributed by atoms with Gasteiger partial charge in [-0.25, -0.2) is 0 Å². The lowest BCUT2D eigenvalue weighted by Gasteiger charge is -2.34. The molecular formula is C37H44N4O2. The van der Waals surface area contributed by atoms with Crippen molar-refractivity contribution >= 4 is 17.2 Å². The number of rotatable bonds is 9. The van der Waals surface area contributed by atoms with Gasteiger partial charge in [0.2, 0.25) is 0 Å². The fourth-order valence-electron chi connectivity index (χ4n) is 5.77. The van der Waals surface area contributed by atoms with Crippen LogP contribution in [-0.4, -0.2) is 60.2 Å². The summed E-state index contributed by atoms with van der Waals surface area (Å²) >= 11 is 0. The highest BCUT2D eigenvalue weighted by molar-refractivity contribution is 5.90. The Balaban J connectivity index is 0.000000171. The van der Waals surface area contributed by atoms with Gasteiger partial charge in [-0.15, -0.1) is 0 Å². The van der Waals surface area contributed by atoms with Gasteiger partial charge in [-0.3, -0.25) is 4.99 Å². The van der Waals surface area contributed by atoms with Crippen molar-refractivity contribution in [2.75, 3.05) is 44.2 Å². The van der Waals surface area contributed by atoms with Crippen molar-refractivity contribution < 1.29 is 10.2 Å². The average molecular weight is 577 g/mol. The van der Waals surface area contributed by atoms with Gasteiger partial charge in [-0.05, 0) is 80.6 Å². The van der Waals surface area contributed by atoms with E-state index in [9.17, 15) is 10.2 Å². The van der Waals surface area contributed by atoms with E-state index in [1.165, 1.54) is 11.1 Å². The molecule has 0 bridgehead atoms. The molecule has 4 aromatic rings. The number of aliphatic imine (C=N–C) groups is 1. The van der Waals surface area contributed by atoms with Gasteiger partial charge in [0.25, 0.3) is 0 Å². The van der Waals surface area contributed by atoms with Gasteiger partial charge in [-0.2, -0.15) is 0 Å². The molecule has 2 aliphatic rings. The minimum absolute atomic E-state index is 0.269. The number of nitrogens with zero attached hydrogens (tertiary/aromatic N) is 3. The van der Waals surface area contributed by atoms with Crippen LogP contribution >= 0.6 is 0 Å². The molecule has 0 radical (unpaired) electrons. The average Bonchev–Trinajstić information content (AvgIpc) is 3.58. The molecule has 1 atom stereocenters. The number of nitrogens with one attached hydrogen (secondary N) is 1. The Morgan fingerprint density at radius 2 is 1.56 bits per heavy atom. The number of phenols is 1. The van der Waals surface area contributed by atoms with Crippen molar-refractivity contribution in [3.63, 3.8) is 0 Å². The lowest BCUT2D eigenvalue weighted by molar-refractivity contribution is 0.0592. The third-order valence-corrected chi connectivity index (χ3v) is 8.32. The van der Waals surface area contributed by atoms with Crippen molar-refractivity contribution in [2.45, 2.75) is 32.3 Å². The van der Waals surface area contributed by atoms with Gasteiger partial charge in [0.1, 0.15) is 11.6 Å². The van der Waals surface area contributed by atoms with Gasteiger partial charge in [-0.1, -0.05) is 84.4 Å². The lowest BCUT2D eigenvalue weighted by Crippen LogP contribution is -2.36. The Labute approximate surface area is 256 Å². The summed E-state index contributed by atoms with van der Waals surface area (Å²) in [5.74, 6) is 1.65. The third-order valence-electron chi connectivity index (χ3n) is 8.32. The second-order valence-corrected chi connectivity index (χ2v) is 11.5. The van der Waals surface area contributed by atoms with Gasteiger partial charge < -0.3 is 25.3 Å². The maximum Gasteiger partial charge on any atom is 0.117 e. The Morgan fingerprint density at radius 3 is 2.21 bits per heavy atom. The second-order valence-electron chi connectivity index (χ2n) is 11.5. The summed E-state index contributed by atoms with van der Waals surface area (Å²) in [6.45, 7) is 7.80. The van der Waals surface area contributed by atoms with E-state index in [-0.39, 0.29) is 11.9 Å². The SMILES string of the molecule is Cc1ccc(N(CC2=NCCN2)c2cccc(O)c2)cc1.OC(c1ccccc1)C1CCN(CCc2ccccc2)CC1. The van der Waals surface area contributed by atoms with Crippen LogP contribution in [0.4, 0.5) is 11.4 Å². The van der Waals surface area contributed by atoms with E-state index < -0.39 is 0 Å². The van der Waals surface area contributed by atoms with Crippen LogP contribution in [0.5, 0.6) is 5.75 Å². The lowest BCUT2D eigenvalue weighted by atomic mass is 9.87. The summed E-state index contributed by atoms with van der Waals surface area (Å²) in [6.07, 6.45) is 2.99. The van der Waals surface area contributed by atoms with E-state index in [0.29, 0.717) is 12.5 Å². The number of likely N-dealkylation sites (tertiary alicyclic amines) is 1. The first-order valence-electron chi connectivity index (χ1n) is 15.4. The molecule has 224 valence electrons. The quantitative estimate of drug-likeness (QED) is 0.212. The highest BCUT2D eigenvalue weighted by atomic mass is 16.3. The first kappa shape index (κ1) is 30.3. The van der Waals surface area contributed by atoms with E-state index in [4.69, 9.17) is 0 Å². The largest absolute Gasteiger partial charge is 0.508 e. The normalized spacial score (nSPS) is 16.0. The van der Waals surface area contributed by atoms with Crippen molar-refractivity contribution in [1.82, 2.24) is 10.2 Å². The number of aliphatic hydroxyl groups is 1. The van der Waals surface area contributed by atoms with Crippen LogP contribution in [0.15, 0.2) is 114 Å². The number of piperidine rings is 1. The topological polar surface area (TPSA) is 71.3 Å². The predicted octanol–water partition coefficient (Wildman–Crippen LogP) is 6.52. The number of aryl methyl sites for hydroxylation is 1. The molecule has 3 N–H and O–H groups in total. The summed E-state index contributed by atoms with van der Waals surface area (Å²) in [7, 11) is 0. The van der Waals surface area contributed by atoms with Gasteiger partial charge >= 0.3 is 0 Å². The van der Waals surface area contributed by atoms with Crippen LogP contribution in [0.3, 0.4) is 0 Å². The first-order valence-corrected chi connectivity index (χ1v) is 15.4. The van der Waals surface area contributed by atoms with Gasteiger partial charge in [0.05, 0.1) is 19.2 Å². The van der Waals surface area contributed by atoms with Gasteiger partial charge in [0, 0.05) is 30.5 Å². The van der Waals surface area contributed by atoms with E-state index >= 15 is 0 Å². The van der Waals surface area contributed by atoms with E-state index in [1.54, 1.807) is 12.1 Å². The molecule has 0 aliphatic carbocycles. The Kier molecular flexibility index (Phi) is 10.8. The van der Waals surface area contributed by atoms with Crippen molar-refractivity contribution in [1.29, 1.82) is 0 Å². The monoisotopic (exact) mass is 576 g/mol. The van der Waals surface area contributed by atoms with E-state index in [1.807, 2.05) is 42.5 Å². The van der Waals surface area contributed by atoms with E-state index in [2.05, 4.69) is 81.6 Å². The summed E-state index contributed by atoms with van der Waals surface area (Å²) in [4.78, 5) is 9.15. The number of benzene rings is 4. The predicted molar refractivity (Wildman–Crippen MR) is 177 cm³/mol. The molecule has 0 saturated carbocycles. The molecule has 2 aliphatic heterocycles. The Bertz CT molecular complexity index is 1420. The molecule has 4 aromatic carbocycles. The molecule has 1 saturated heterocycles. The van der Waals surface area contributed by atoms with Crippen LogP contribution in [0.1, 0.15) is 35.6 Å². The smallest absolute Gasteiger partial charge is 0.117 e. The highest BCUT2D eigenvalue weighted by Gasteiger charge is 2.26. The fourth-order valence-corrected chi connectivity index (χ4v) is 5.77. The zero-order valence-electron chi connectivity index (χ0n) is 25.1. The number of hydrogen-bond acceptors (Lipinski definition) is 6. The number of hydrogen-bond donors (Lipinski definition) is 3. The molecule has 6 nitrogen and oxygen atoms in total. The van der Waals surface area contributed by atoms with Crippen LogP contribution < -0.4 is 10.2 Å². The third kappa shape index (κ3) is 8.93. The van der Waals surface area contributed by atoms with Gasteiger partial charge in [0.15, 0.2) is 0 Å². The zero-order valence-corrected chi connectivity index (χ0v) is 25.1. The van der Waals surface area contributed by atoms with Crippen LogP contribution in [0.25, 0.3) is 0 Å². The fraction of sp³-hybridized carbons (Fsp3) is 0.324. The number of amidine groups is 1. The standard InChI is InChI=1S/C20H25NO.C17H19N3O/c22-20(18-9-5-2-6-10-18)19-12-15-21(16-13-19)14-11-17-7-3-1-4-8-17;1-13-5-7-14(8-6-13)20(12-17-18-9-10-19-17)15-3-2-4-16(21)11-15/h1-10,19-20,22H,11-16H2;2-8,11,21H,9-10,12H2,1H3,(H,18,19). The Morgan fingerprint density at radius 1 is 0.860 bits per heavy atom. The molecule has 0 spiro atoms. The van der Waals surface area contributed by atoms with Crippen molar-refractivity contribution in [3.8, 4) is 5.75 Å². The number of phenolic OH excluding ortho intramolecular Hbond substituents is 1. The summed E-state index contributed by atoms with van der Waals surface area (Å²) in [5.41, 5.74) is 5.74. The number of aliphatic hydroxyl groups excluding tert-OH is 1. The zero-order chi connectivity index (χ0) is 29.9. The van der Waals surface area contributed by atoms with Crippen molar-refractivity contribution in [3.05, 3.63) is 126 Å². The molecule has 0 aromatic heterocycles. The minimum Gasteiger partial charge on any atom is -0.508 e. The maximum absolute atomic E-state index is 10.5. The molecule has 6 rings (SSSR count). The molecule has 43 heavy (non-hydrogen) atoms. The summed E-state index contributed by atoms with van der Waals surface area (Å²) < 4.78 is 0. The second kappa shape index (κ2) is 15.4. The number of anilines is 2.